The third-order valence-electron chi connectivity index (χ3n) is 1.91. The molecule has 64 valence electrons. The van der Waals surface area contributed by atoms with E-state index in [2.05, 4.69) is 0 Å². The van der Waals surface area contributed by atoms with Crippen molar-refractivity contribution in [1.29, 1.82) is 0 Å². The number of primary amides is 1. The van der Waals surface area contributed by atoms with Gasteiger partial charge in [0, 0.05) is 0 Å². The minimum atomic E-state index is -1.14. The predicted octanol–water partition coefficient (Wildman–Crippen LogP) is -0.600. The van der Waals surface area contributed by atoms with Crippen LogP contribution in [-0.2, 0) is 9.53 Å². The van der Waals surface area contributed by atoms with Crippen molar-refractivity contribution in [2.24, 2.45) is 5.73 Å². The van der Waals surface area contributed by atoms with Crippen LogP contribution in [0.2, 0.25) is 0 Å². The van der Waals surface area contributed by atoms with Gasteiger partial charge in [0.05, 0.1) is 12.2 Å². The molecule has 0 aromatic rings. The lowest BCUT2D eigenvalue weighted by Crippen LogP contribution is -2.38. The number of ether oxygens (including phenoxy) is 1. The van der Waals surface area contributed by atoms with Crippen molar-refractivity contribution in [2.45, 2.75) is 38.1 Å². The van der Waals surface area contributed by atoms with Crippen LogP contribution in [0.25, 0.3) is 0 Å². The molecule has 11 heavy (non-hydrogen) atoms. The molecule has 1 aliphatic rings. The zero-order valence-corrected chi connectivity index (χ0v) is 6.49. The molecule has 1 fully saturated rings. The maximum absolute atomic E-state index is 10.5. The summed E-state index contributed by atoms with van der Waals surface area (Å²) in [6.45, 7) is 1.91. The maximum Gasteiger partial charge on any atom is 0.248 e. The lowest BCUT2D eigenvalue weighted by molar-refractivity contribution is -0.133. The molecule has 3 N–H and O–H groups in total. The molecule has 0 saturated carbocycles. The first-order chi connectivity index (χ1) is 5.11. The summed E-state index contributed by atoms with van der Waals surface area (Å²) in [5.41, 5.74) is 4.89. The molecule has 1 heterocycles. The van der Waals surface area contributed by atoms with E-state index in [1.165, 1.54) is 0 Å². The summed E-state index contributed by atoms with van der Waals surface area (Å²) >= 11 is 0. The van der Waals surface area contributed by atoms with Gasteiger partial charge in [-0.2, -0.15) is 0 Å². The Kier molecular flexibility index (Phi) is 2.46. The Hall–Kier alpha value is -0.610. The van der Waals surface area contributed by atoms with E-state index in [0.717, 1.165) is 6.42 Å². The number of carbonyl (C=O) groups excluding carboxylic acids is 1. The monoisotopic (exact) mass is 159 g/mol. The molecule has 3 atom stereocenters. The first-order valence-electron chi connectivity index (χ1n) is 3.74. The molecule has 0 aliphatic carbocycles. The van der Waals surface area contributed by atoms with Crippen LogP contribution in [0.4, 0.5) is 0 Å². The highest BCUT2D eigenvalue weighted by atomic mass is 16.5. The van der Waals surface area contributed by atoms with Crippen LogP contribution < -0.4 is 5.73 Å². The molecule has 4 nitrogen and oxygen atoms in total. The highest BCUT2D eigenvalue weighted by Gasteiger charge is 2.31. The Morgan fingerprint density at radius 1 is 1.73 bits per heavy atom. The van der Waals surface area contributed by atoms with Gasteiger partial charge in [0.25, 0.3) is 0 Å². The molecule has 0 aromatic heterocycles. The van der Waals surface area contributed by atoms with E-state index >= 15 is 0 Å². The van der Waals surface area contributed by atoms with Crippen molar-refractivity contribution in [3.8, 4) is 0 Å². The normalized spacial score (nSPS) is 33.6. The average Bonchev–Trinajstić information content (AvgIpc) is 2.34. The van der Waals surface area contributed by atoms with Crippen molar-refractivity contribution in [2.75, 3.05) is 0 Å². The second-order valence-electron chi connectivity index (χ2n) is 2.91. The van der Waals surface area contributed by atoms with Gasteiger partial charge in [0.1, 0.15) is 0 Å². The number of amides is 1. The minimum Gasteiger partial charge on any atom is -0.381 e. The van der Waals surface area contributed by atoms with E-state index in [9.17, 15) is 4.79 Å². The molecule has 1 aliphatic heterocycles. The standard InChI is InChI=1S/C7H13NO3/c1-4-2-3-5(11-4)6(9)7(8)10/h4-6,9H,2-3H2,1H3,(H2,8,10). The molecule has 1 saturated heterocycles. The van der Waals surface area contributed by atoms with Crippen LogP contribution in [0.15, 0.2) is 0 Å². The lowest BCUT2D eigenvalue weighted by Gasteiger charge is -2.14. The number of carbonyl (C=O) groups is 1. The zero-order chi connectivity index (χ0) is 8.43. The Morgan fingerprint density at radius 3 is 2.73 bits per heavy atom. The van der Waals surface area contributed by atoms with Gasteiger partial charge in [-0.1, -0.05) is 0 Å². The van der Waals surface area contributed by atoms with Crippen molar-refractivity contribution in [1.82, 2.24) is 0 Å². The lowest BCUT2D eigenvalue weighted by atomic mass is 10.1. The Bertz CT molecular complexity index is 160. The first kappa shape index (κ1) is 8.49. The molecule has 1 rings (SSSR count). The quantitative estimate of drug-likeness (QED) is 0.565. The summed E-state index contributed by atoms with van der Waals surface area (Å²) in [5.74, 6) is -0.705. The highest BCUT2D eigenvalue weighted by molar-refractivity contribution is 5.79. The largest absolute Gasteiger partial charge is 0.381 e. The fourth-order valence-electron chi connectivity index (χ4n) is 1.25. The van der Waals surface area contributed by atoms with Crippen LogP contribution >= 0.6 is 0 Å². The maximum atomic E-state index is 10.5. The number of nitrogens with two attached hydrogens (primary N) is 1. The van der Waals surface area contributed by atoms with E-state index in [0.29, 0.717) is 6.42 Å². The van der Waals surface area contributed by atoms with Crippen molar-refractivity contribution in [3.63, 3.8) is 0 Å². The predicted molar refractivity (Wildman–Crippen MR) is 38.8 cm³/mol. The fourth-order valence-corrected chi connectivity index (χ4v) is 1.25. The van der Waals surface area contributed by atoms with E-state index in [4.69, 9.17) is 15.6 Å². The molecule has 0 spiro atoms. The number of hydrogen-bond donors (Lipinski definition) is 2. The Labute approximate surface area is 65.3 Å². The molecular formula is C7H13NO3. The van der Waals surface area contributed by atoms with Crippen LogP contribution in [0.3, 0.4) is 0 Å². The van der Waals surface area contributed by atoms with Crippen LogP contribution in [-0.4, -0.2) is 29.3 Å². The van der Waals surface area contributed by atoms with Crippen LogP contribution in [0, 0.1) is 0 Å². The SMILES string of the molecule is CC1CCC(C(O)C(N)=O)O1. The molecule has 0 bridgehead atoms. The van der Waals surface area contributed by atoms with Crippen molar-refractivity contribution < 1.29 is 14.6 Å². The fraction of sp³-hybridized carbons (Fsp3) is 0.857. The van der Waals surface area contributed by atoms with Crippen molar-refractivity contribution >= 4 is 5.91 Å². The van der Waals surface area contributed by atoms with Crippen molar-refractivity contribution in [3.05, 3.63) is 0 Å². The molecule has 4 heteroatoms. The molecule has 0 radical (unpaired) electrons. The molecule has 3 unspecified atom stereocenters. The second-order valence-corrected chi connectivity index (χ2v) is 2.91. The topological polar surface area (TPSA) is 72.5 Å². The summed E-state index contributed by atoms with van der Waals surface area (Å²) in [5, 5.41) is 9.14. The zero-order valence-electron chi connectivity index (χ0n) is 6.49. The summed E-state index contributed by atoms with van der Waals surface area (Å²) in [6, 6.07) is 0. The molecular weight excluding hydrogens is 146 g/mol. The van der Waals surface area contributed by atoms with Gasteiger partial charge >= 0.3 is 0 Å². The summed E-state index contributed by atoms with van der Waals surface area (Å²) in [4.78, 5) is 10.5. The van der Waals surface area contributed by atoms with Gasteiger partial charge in [0.15, 0.2) is 6.10 Å². The van der Waals surface area contributed by atoms with Gasteiger partial charge in [0.2, 0.25) is 5.91 Å². The number of rotatable bonds is 2. The van der Waals surface area contributed by atoms with E-state index in [-0.39, 0.29) is 12.2 Å². The average molecular weight is 159 g/mol. The van der Waals surface area contributed by atoms with Gasteiger partial charge in [-0.3, -0.25) is 4.79 Å². The number of hydrogen-bond acceptors (Lipinski definition) is 3. The van der Waals surface area contributed by atoms with E-state index in [1.54, 1.807) is 0 Å². The highest BCUT2D eigenvalue weighted by Crippen LogP contribution is 2.21. The Morgan fingerprint density at radius 2 is 2.36 bits per heavy atom. The van der Waals surface area contributed by atoms with Gasteiger partial charge < -0.3 is 15.6 Å². The second kappa shape index (κ2) is 3.19. The summed E-state index contributed by atoms with van der Waals surface area (Å²) in [6.07, 6.45) is 0.205. The minimum absolute atomic E-state index is 0.133. The smallest absolute Gasteiger partial charge is 0.248 e. The van der Waals surface area contributed by atoms with Crippen LogP contribution in [0.5, 0.6) is 0 Å². The third kappa shape index (κ3) is 1.91. The van der Waals surface area contributed by atoms with Gasteiger partial charge in [-0.15, -0.1) is 0 Å². The third-order valence-corrected chi connectivity index (χ3v) is 1.91. The molecule has 0 aromatic carbocycles. The summed E-state index contributed by atoms with van der Waals surface area (Å²) in [7, 11) is 0. The van der Waals surface area contributed by atoms with Gasteiger partial charge in [-0.25, -0.2) is 0 Å². The van der Waals surface area contributed by atoms with Crippen LogP contribution in [0.1, 0.15) is 19.8 Å². The van der Waals surface area contributed by atoms with Gasteiger partial charge in [-0.05, 0) is 19.8 Å². The first-order valence-corrected chi connectivity index (χ1v) is 3.74. The number of aliphatic hydroxyl groups is 1. The Balaban J connectivity index is 2.43. The summed E-state index contributed by atoms with van der Waals surface area (Å²) < 4.78 is 5.23. The number of aliphatic hydroxyl groups excluding tert-OH is 1. The van der Waals surface area contributed by atoms with E-state index in [1.807, 2.05) is 6.92 Å². The van der Waals surface area contributed by atoms with E-state index < -0.39 is 12.0 Å². The molecule has 1 amide bonds.